The summed E-state index contributed by atoms with van der Waals surface area (Å²) < 4.78 is 0. The molecule has 146 valence electrons. The minimum atomic E-state index is 0.442. The maximum absolute atomic E-state index is 6.16. The number of rotatable bonds is 4. The molecule has 6 heteroatoms. The summed E-state index contributed by atoms with van der Waals surface area (Å²) in [6.45, 7) is 0.773. The standard InChI is InChI=1S/C22H23Cl2N3S/c23-16-10-17(24)12-18(11-16)26-22(28)27(19-6-2-1-3-7-19)14-15-13-25-21-9-5-4-8-20(15)21/h4-5,8-13,19,25H,1-3,6-7,14H2,(H,26,28). The molecule has 0 radical (unpaired) electrons. The van der Waals surface area contributed by atoms with E-state index in [9.17, 15) is 0 Å². The van der Waals surface area contributed by atoms with Gasteiger partial charge in [-0.3, -0.25) is 0 Å². The number of H-pyrrole nitrogens is 1. The summed E-state index contributed by atoms with van der Waals surface area (Å²) in [5, 5.41) is 6.52. The molecule has 2 N–H and O–H groups in total. The van der Waals surface area contributed by atoms with Gasteiger partial charge in [-0.05, 0) is 54.9 Å². The third kappa shape index (κ3) is 4.45. The van der Waals surface area contributed by atoms with Crippen LogP contribution >= 0.6 is 35.4 Å². The minimum absolute atomic E-state index is 0.442. The molecule has 1 aliphatic carbocycles. The smallest absolute Gasteiger partial charge is 0.173 e. The number of hydrogen-bond acceptors (Lipinski definition) is 1. The molecule has 3 nitrogen and oxygen atoms in total. The number of benzene rings is 2. The van der Waals surface area contributed by atoms with Crippen LogP contribution in [0.5, 0.6) is 0 Å². The Bertz CT molecular complexity index is 959. The molecule has 3 aromatic rings. The number of anilines is 1. The van der Waals surface area contributed by atoms with E-state index < -0.39 is 0 Å². The van der Waals surface area contributed by atoms with Gasteiger partial charge in [0.2, 0.25) is 0 Å². The molecule has 1 saturated carbocycles. The van der Waals surface area contributed by atoms with Crippen LogP contribution < -0.4 is 5.32 Å². The Morgan fingerprint density at radius 1 is 1.07 bits per heavy atom. The van der Waals surface area contributed by atoms with Crippen molar-refractivity contribution in [2.45, 2.75) is 44.7 Å². The van der Waals surface area contributed by atoms with Crippen LogP contribution in [-0.2, 0) is 6.54 Å². The molecule has 1 aliphatic rings. The lowest BCUT2D eigenvalue weighted by Gasteiger charge is -2.36. The van der Waals surface area contributed by atoms with Crippen molar-refractivity contribution in [1.82, 2.24) is 9.88 Å². The molecule has 0 spiro atoms. The van der Waals surface area contributed by atoms with Crippen molar-refractivity contribution in [2.24, 2.45) is 0 Å². The summed E-state index contributed by atoms with van der Waals surface area (Å²) in [4.78, 5) is 5.71. The molecule has 1 fully saturated rings. The maximum Gasteiger partial charge on any atom is 0.173 e. The SMILES string of the molecule is S=C(Nc1cc(Cl)cc(Cl)c1)N(Cc1c[nH]c2ccccc12)C1CCCCC1. The lowest BCUT2D eigenvalue weighted by molar-refractivity contribution is 0.241. The zero-order valence-corrected chi connectivity index (χ0v) is 17.9. The average Bonchev–Trinajstić information content (AvgIpc) is 3.09. The predicted molar refractivity (Wildman–Crippen MR) is 123 cm³/mol. The van der Waals surface area contributed by atoms with Gasteiger partial charge in [-0.25, -0.2) is 0 Å². The van der Waals surface area contributed by atoms with Crippen LogP contribution in [0.4, 0.5) is 5.69 Å². The highest BCUT2D eigenvalue weighted by molar-refractivity contribution is 7.80. The second-order valence-corrected chi connectivity index (χ2v) is 8.63. The van der Waals surface area contributed by atoms with E-state index in [1.165, 1.54) is 43.1 Å². The largest absolute Gasteiger partial charge is 0.361 e. The van der Waals surface area contributed by atoms with E-state index in [0.717, 1.165) is 22.9 Å². The van der Waals surface area contributed by atoms with Crippen molar-refractivity contribution in [3.63, 3.8) is 0 Å². The summed E-state index contributed by atoms with van der Waals surface area (Å²) in [6.07, 6.45) is 8.24. The monoisotopic (exact) mass is 431 g/mol. The van der Waals surface area contributed by atoms with Crippen molar-refractivity contribution in [3.8, 4) is 0 Å². The van der Waals surface area contributed by atoms with Crippen LogP contribution in [0.3, 0.4) is 0 Å². The molecule has 28 heavy (non-hydrogen) atoms. The van der Waals surface area contributed by atoms with E-state index in [4.69, 9.17) is 35.4 Å². The van der Waals surface area contributed by atoms with E-state index in [-0.39, 0.29) is 0 Å². The highest BCUT2D eigenvalue weighted by atomic mass is 35.5. The van der Waals surface area contributed by atoms with Crippen molar-refractivity contribution in [3.05, 3.63) is 64.3 Å². The van der Waals surface area contributed by atoms with Gasteiger partial charge in [-0.15, -0.1) is 0 Å². The number of halogens is 2. The number of fused-ring (bicyclic) bond motifs is 1. The first-order valence-corrected chi connectivity index (χ1v) is 10.9. The quantitative estimate of drug-likeness (QED) is 0.435. The van der Waals surface area contributed by atoms with Crippen molar-refractivity contribution in [1.29, 1.82) is 0 Å². The minimum Gasteiger partial charge on any atom is -0.361 e. The Hall–Kier alpha value is -1.75. The van der Waals surface area contributed by atoms with Gasteiger partial charge in [-0.1, -0.05) is 60.7 Å². The van der Waals surface area contributed by atoms with E-state index in [0.29, 0.717) is 16.1 Å². The molecule has 0 atom stereocenters. The van der Waals surface area contributed by atoms with E-state index in [1.54, 1.807) is 6.07 Å². The first kappa shape index (κ1) is 19.6. The third-order valence-electron chi connectivity index (χ3n) is 5.41. The summed E-state index contributed by atoms with van der Waals surface area (Å²) >= 11 is 18.2. The number of aromatic nitrogens is 1. The van der Waals surface area contributed by atoms with Crippen molar-refractivity contribution >= 4 is 57.1 Å². The molecule has 0 bridgehead atoms. The van der Waals surface area contributed by atoms with E-state index in [2.05, 4.69) is 45.7 Å². The predicted octanol–water partition coefficient (Wildman–Crippen LogP) is 7.01. The number of nitrogens with one attached hydrogen (secondary N) is 2. The van der Waals surface area contributed by atoms with E-state index >= 15 is 0 Å². The Labute approximate surface area is 181 Å². The second-order valence-electron chi connectivity index (χ2n) is 7.37. The van der Waals surface area contributed by atoms with Crippen LogP contribution in [0, 0.1) is 0 Å². The highest BCUT2D eigenvalue weighted by Crippen LogP contribution is 2.28. The van der Waals surface area contributed by atoms with Crippen molar-refractivity contribution < 1.29 is 0 Å². The Kier molecular flexibility index (Phi) is 6.10. The van der Waals surface area contributed by atoms with Gasteiger partial charge in [0.05, 0.1) is 0 Å². The molecule has 2 aromatic carbocycles. The third-order valence-corrected chi connectivity index (χ3v) is 6.18. The highest BCUT2D eigenvalue weighted by Gasteiger charge is 2.24. The lowest BCUT2D eigenvalue weighted by atomic mass is 9.94. The average molecular weight is 432 g/mol. The first-order chi connectivity index (χ1) is 13.6. The second kappa shape index (κ2) is 8.73. The number of nitrogens with zero attached hydrogens (tertiary/aromatic N) is 1. The van der Waals surface area contributed by atoms with Gasteiger partial charge in [0.1, 0.15) is 0 Å². The number of thiocarbonyl (C=S) groups is 1. The van der Waals surface area contributed by atoms with Crippen LogP contribution in [0.1, 0.15) is 37.7 Å². The molecule has 0 unspecified atom stereocenters. The molecule has 0 amide bonds. The summed E-state index contributed by atoms with van der Waals surface area (Å²) in [5.41, 5.74) is 3.23. The van der Waals surface area contributed by atoms with Gasteiger partial charge in [0, 0.05) is 45.4 Å². The number of aromatic amines is 1. The van der Waals surface area contributed by atoms with Crippen LogP contribution in [0.15, 0.2) is 48.7 Å². The van der Waals surface area contributed by atoms with E-state index in [1.807, 2.05) is 12.1 Å². The van der Waals surface area contributed by atoms with Gasteiger partial charge in [0.25, 0.3) is 0 Å². The van der Waals surface area contributed by atoms with Crippen LogP contribution in [0.25, 0.3) is 10.9 Å². The zero-order valence-electron chi connectivity index (χ0n) is 15.6. The lowest BCUT2D eigenvalue weighted by Crippen LogP contribution is -2.43. The molecule has 0 saturated heterocycles. The number of hydrogen-bond donors (Lipinski definition) is 2. The Morgan fingerprint density at radius 3 is 2.54 bits per heavy atom. The first-order valence-electron chi connectivity index (χ1n) is 9.69. The van der Waals surface area contributed by atoms with Gasteiger partial charge >= 0.3 is 0 Å². The molecule has 4 rings (SSSR count). The summed E-state index contributed by atoms with van der Waals surface area (Å²) in [7, 11) is 0. The van der Waals surface area contributed by atoms with Gasteiger partial charge in [0.15, 0.2) is 5.11 Å². The fraction of sp³-hybridized carbons (Fsp3) is 0.318. The maximum atomic E-state index is 6.16. The van der Waals surface area contributed by atoms with Crippen LogP contribution in [-0.4, -0.2) is 21.0 Å². The number of para-hydroxylation sites is 1. The molecule has 0 aliphatic heterocycles. The van der Waals surface area contributed by atoms with Gasteiger partial charge in [-0.2, -0.15) is 0 Å². The molecule has 1 heterocycles. The molecular formula is C22H23Cl2N3S. The summed E-state index contributed by atoms with van der Waals surface area (Å²) in [5.74, 6) is 0. The molecule has 1 aromatic heterocycles. The van der Waals surface area contributed by atoms with Gasteiger partial charge < -0.3 is 15.2 Å². The topological polar surface area (TPSA) is 31.1 Å². The normalized spacial score (nSPS) is 14.9. The van der Waals surface area contributed by atoms with Crippen molar-refractivity contribution in [2.75, 3.05) is 5.32 Å². The van der Waals surface area contributed by atoms with Crippen LogP contribution in [0.2, 0.25) is 10.0 Å². The zero-order chi connectivity index (χ0) is 19.5. The molecular weight excluding hydrogens is 409 g/mol. The fourth-order valence-electron chi connectivity index (χ4n) is 4.03. The Morgan fingerprint density at radius 2 is 1.79 bits per heavy atom. The summed E-state index contributed by atoms with van der Waals surface area (Å²) in [6, 6.07) is 14.3. The fourth-order valence-corrected chi connectivity index (χ4v) is 4.88. The Balaban J connectivity index is 1.60.